The van der Waals surface area contributed by atoms with E-state index in [0.717, 1.165) is 5.56 Å². The molecule has 1 N–H and O–H groups in total. The summed E-state index contributed by atoms with van der Waals surface area (Å²) in [6.07, 6.45) is 1.47. The van der Waals surface area contributed by atoms with Crippen molar-refractivity contribution in [3.8, 4) is 11.5 Å². The van der Waals surface area contributed by atoms with Gasteiger partial charge in [-0.2, -0.15) is 0 Å². The maximum absolute atomic E-state index is 13.0. The summed E-state index contributed by atoms with van der Waals surface area (Å²) >= 11 is 0. The molecule has 0 saturated carbocycles. The van der Waals surface area contributed by atoms with Crippen molar-refractivity contribution in [3.63, 3.8) is 0 Å². The Morgan fingerprint density at radius 2 is 1.97 bits per heavy atom. The van der Waals surface area contributed by atoms with Crippen LogP contribution in [-0.4, -0.2) is 50.6 Å². The number of methoxy groups -OCH3 is 2. The average Bonchev–Trinajstić information content (AvgIpc) is 3.40. The van der Waals surface area contributed by atoms with Crippen molar-refractivity contribution in [2.75, 3.05) is 33.9 Å². The van der Waals surface area contributed by atoms with Gasteiger partial charge in [0.2, 0.25) is 5.91 Å². The van der Waals surface area contributed by atoms with E-state index in [1.165, 1.54) is 6.26 Å². The van der Waals surface area contributed by atoms with E-state index >= 15 is 0 Å². The number of carbonyl (C=O) groups excluding carboxylic acids is 2. The number of ether oxygens (including phenoxy) is 2. The van der Waals surface area contributed by atoms with Gasteiger partial charge >= 0.3 is 0 Å². The summed E-state index contributed by atoms with van der Waals surface area (Å²) < 4.78 is 16.3. The van der Waals surface area contributed by atoms with Gasteiger partial charge in [-0.05, 0) is 24.1 Å². The molecule has 1 fully saturated rings. The lowest BCUT2D eigenvalue weighted by Gasteiger charge is -2.22. The predicted molar refractivity (Wildman–Crippen MR) is 108 cm³/mol. The van der Waals surface area contributed by atoms with Crippen molar-refractivity contribution >= 4 is 11.8 Å². The van der Waals surface area contributed by atoms with Crippen molar-refractivity contribution < 1.29 is 23.5 Å². The van der Waals surface area contributed by atoms with Crippen LogP contribution in [0, 0.1) is 11.8 Å². The minimum atomic E-state index is -0.395. The van der Waals surface area contributed by atoms with E-state index in [4.69, 9.17) is 13.9 Å². The zero-order valence-corrected chi connectivity index (χ0v) is 17.3. The molecule has 1 aliphatic heterocycles. The van der Waals surface area contributed by atoms with Gasteiger partial charge in [-0.25, -0.2) is 0 Å². The first kappa shape index (κ1) is 20.8. The first-order chi connectivity index (χ1) is 14.0. The molecule has 1 saturated heterocycles. The van der Waals surface area contributed by atoms with E-state index in [0.29, 0.717) is 37.1 Å². The maximum atomic E-state index is 13.0. The molecule has 2 atom stereocenters. The topological polar surface area (TPSA) is 81.0 Å². The van der Waals surface area contributed by atoms with Crippen LogP contribution in [0.1, 0.15) is 35.9 Å². The molecule has 29 heavy (non-hydrogen) atoms. The van der Waals surface area contributed by atoms with Crippen molar-refractivity contribution in [2.45, 2.75) is 19.8 Å². The first-order valence-electron chi connectivity index (χ1n) is 9.77. The van der Waals surface area contributed by atoms with Gasteiger partial charge in [-0.15, -0.1) is 0 Å². The molecule has 1 aromatic heterocycles. The zero-order valence-electron chi connectivity index (χ0n) is 17.3. The van der Waals surface area contributed by atoms with Crippen LogP contribution in [0.2, 0.25) is 0 Å². The second-order valence-electron chi connectivity index (χ2n) is 7.62. The predicted octanol–water partition coefficient (Wildman–Crippen LogP) is 2.92. The summed E-state index contributed by atoms with van der Waals surface area (Å²) in [6, 6.07) is 8.93. The molecule has 2 aromatic rings. The van der Waals surface area contributed by atoms with Gasteiger partial charge in [0.25, 0.3) is 5.91 Å². The fraction of sp³-hybridized carbons (Fsp3) is 0.455. The van der Waals surface area contributed by atoms with Gasteiger partial charge in [-0.3, -0.25) is 9.59 Å². The van der Waals surface area contributed by atoms with Gasteiger partial charge in [0, 0.05) is 31.1 Å². The zero-order chi connectivity index (χ0) is 21.0. The molecule has 2 amide bonds. The number of rotatable bonds is 7. The normalized spacial score (nSPS) is 18.7. The number of nitrogens with one attached hydrogen (secondary N) is 1. The summed E-state index contributed by atoms with van der Waals surface area (Å²) in [7, 11) is 3.16. The fourth-order valence-corrected chi connectivity index (χ4v) is 3.75. The maximum Gasteiger partial charge on any atom is 0.289 e. The number of hydrogen-bond acceptors (Lipinski definition) is 5. The highest BCUT2D eigenvalue weighted by Crippen LogP contribution is 2.42. The highest BCUT2D eigenvalue weighted by molar-refractivity contribution is 5.93. The molecule has 3 rings (SSSR count). The Morgan fingerprint density at radius 1 is 1.17 bits per heavy atom. The number of carbonyl (C=O) groups is 2. The number of likely N-dealkylation sites (tertiary alicyclic amines) is 1. The van der Waals surface area contributed by atoms with Crippen LogP contribution < -0.4 is 14.8 Å². The van der Waals surface area contributed by atoms with E-state index < -0.39 is 5.92 Å². The van der Waals surface area contributed by atoms with Crippen LogP contribution in [0.3, 0.4) is 0 Å². The molecule has 0 aliphatic carbocycles. The molecule has 0 radical (unpaired) electrons. The third-order valence-corrected chi connectivity index (χ3v) is 5.19. The van der Waals surface area contributed by atoms with Gasteiger partial charge < -0.3 is 24.1 Å². The van der Waals surface area contributed by atoms with Gasteiger partial charge in [0.1, 0.15) is 0 Å². The Balaban J connectivity index is 1.93. The van der Waals surface area contributed by atoms with Crippen LogP contribution in [0.15, 0.2) is 41.0 Å². The Kier molecular flexibility index (Phi) is 6.46. The largest absolute Gasteiger partial charge is 0.493 e. The molecule has 0 spiro atoms. The van der Waals surface area contributed by atoms with E-state index in [1.54, 1.807) is 31.3 Å². The van der Waals surface area contributed by atoms with Crippen LogP contribution in [-0.2, 0) is 4.79 Å². The second kappa shape index (κ2) is 9.03. The summed E-state index contributed by atoms with van der Waals surface area (Å²) in [5, 5.41) is 3.01. The smallest absolute Gasteiger partial charge is 0.289 e. The minimum Gasteiger partial charge on any atom is -0.493 e. The third-order valence-electron chi connectivity index (χ3n) is 5.19. The Hall–Kier alpha value is -2.96. The highest BCUT2D eigenvalue weighted by atomic mass is 16.5. The molecule has 156 valence electrons. The van der Waals surface area contributed by atoms with Crippen molar-refractivity contribution in [3.05, 3.63) is 47.9 Å². The van der Waals surface area contributed by atoms with Crippen LogP contribution >= 0.6 is 0 Å². The average molecular weight is 400 g/mol. The Morgan fingerprint density at radius 3 is 2.59 bits per heavy atom. The molecular weight excluding hydrogens is 372 g/mol. The lowest BCUT2D eigenvalue weighted by atomic mass is 9.87. The summed E-state index contributed by atoms with van der Waals surface area (Å²) in [4.78, 5) is 27.5. The molecule has 2 heterocycles. The fourth-order valence-electron chi connectivity index (χ4n) is 3.75. The molecule has 7 heteroatoms. The summed E-state index contributed by atoms with van der Waals surface area (Å²) in [6.45, 7) is 5.38. The van der Waals surface area contributed by atoms with Crippen LogP contribution in [0.25, 0.3) is 0 Å². The summed E-state index contributed by atoms with van der Waals surface area (Å²) in [5.41, 5.74) is 0.853. The second-order valence-corrected chi connectivity index (χ2v) is 7.62. The highest BCUT2D eigenvalue weighted by Gasteiger charge is 2.42. The lowest BCUT2D eigenvalue weighted by Crippen LogP contribution is -2.37. The van der Waals surface area contributed by atoms with E-state index in [2.05, 4.69) is 5.32 Å². The van der Waals surface area contributed by atoms with Crippen LogP contribution in [0.5, 0.6) is 11.5 Å². The SMILES string of the molecule is COc1cccc(C2CN(C(=O)c3ccco3)CC2C(=O)NCC(C)C)c1OC. The first-order valence-corrected chi connectivity index (χ1v) is 9.77. The quantitative estimate of drug-likeness (QED) is 0.773. The molecule has 1 aliphatic rings. The van der Waals surface area contributed by atoms with Gasteiger partial charge in [0.05, 0.1) is 26.4 Å². The van der Waals surface area contributed by atoms with Crippen molar-refractivity contribution in [1.82, 2.24) is 10.2 Å². The van der Waals surface area contributed by atoms with Crippen molar-refractivity contribution in [1.29, 1.82) is 0 Å². The van der Waals surface area contributed by atoms with E-state index in [-0.39, 0.29) is 23.5 Å². The Bertz CT molecular complexity index is 847. The third kappa shape index (κ3) is 4.39. The van der Waals surface area contributed by atoms with Gasteiger partial charge in [-0.1, -0.05) is 26.0 Å². The number of amides is 2. The lowest BCUT2D eigenvalue weighted by molar-refractivity contribution is -0.125. The Labute approximate surface area is 171 Å². The number of nitrogens with zero attached hydrogens (tertiary/aromatic N) is 1. The van der Waals surface area contributed by atoms with E-state index in [9.17, 15) is 9.59 Å². The molecule has 2 unspecified atom stereocenters. The molecule has 7 nitrogen and oxygen atoms in total. The monoisotopic (exact) mass is 400 g/mol. The summed E-state index contributed by atoms with van der Waals surface area (Å²) in [5.74, 6) is 0.899. The van der Waals surface area contributed by atoms with E-state index in [1.807, 2.05) is 32.0 Å². The standard InChI is InChI=1S/C22H28N2O5/c1-14(2)11-23-21(25)17-13-24(22(26)19-9-6-10-29-19)12-16(17)15-7-5-8-18(27-3)20(15)28-4/h5-10,14,16-17H,11-13H2,1-4H3,(H,23,25). The molecule has 1 aromatic carbocycles. The number of hydrogen-bond donors (Lipinski definition) is 1. The molecular formula is C22H28N2O5. The van der Waals surface area contributed by atoms with Gasteiger partial charge in [0.15, 0.2) is 17.3 Å². The number of para-hydroxylation sites is 1. The van der Waals surface area contributed by atoms with Crippen molar-refractivity contribution in [2.24, 2.45) is 11.8 Å². The molecule has 0 bridgehead atoms. The number of benzene rings is 1. The van der Waals surface area contributed by atoms with Crippen LogP contribution in [0.4, 0.5) is 0 Å². The number of furan rings is 1. The minimum absolute atomic E-state index is 0.0664.